The van der Waals surface area contributed by atoms with E-state index < -0.39 is 0 Å². The minimum absolute atomic E-state index is 0.242. The number of piperidine rings is 1. The minimum Gasteiger partial charge on any atom is -0.489 e. The number of amides is 1. The molecular formula is C31H29N5O2. The molecule has 1 saturated heterocycles. The van der Waals surface area contributed by atoms with Gasteiger partial charge in [0.25, 0.3) is 5.91 Å². The quantitative estimate of drug-likeness (QED) is 0.286. The van der Waals surface area contributed by atoms with Gasteiger partial charge in [0.1, 0.15) is 18.1 Å². The minimum atomic E-state index is -0.242. The normalized spacial score (nSPS) is 13.4. The Morgan fingerprint density at radius 2 is 1.63 bits per heavy atom. The molecule has 7 heteroatoms. The molecule has 3 aromatic carbocycles. The predicted molar refractivity (Wildman–Crippen MR) is 150 cm³/mol. The van der Waals surface area contributed by atoms with Gasteiger partial charge in [-0.2, -0.15) is 5.10 Å². The average Bonchev–Trinajstić information content (AvgIpc) is 3.41. The number of hydrogen-bond donors (Lipinski definition) is 1. The molecule has 0 atom stereocenters. The van der Waals surface area contributed by atoms with Crippen molar-refractivity contribution < 1.29 is 9.53 Å². The largest absolute Gasteiger partial charge is 0.489 e. The maximum Gasteiger partial charge on any atom is 0.274 e. The van der Waals surface area contributed by atoms with E-state index in [0.29, 0.717) is 17.9 Å². The number of nitrogens with zero attached hydrogens (tertiary/aromatic N) is 4. The summed E-state index contributed by atoms with van der Waals surface area (Å²) in [5.41, 5.74) is 5.75. The van der Waals surface area contributed by atoms with E-state index in [-0.39, 0.29) is 5.91 Å². The number of rotatable bonds is 7. The molecule has 1 amide bonds. The molecule has 0 aliphatic carbocycles. The van der Waals surface area contributed by atoms with E-state index in [4.69, 9.17) is 9.72 Å². The van der Waals surface area contributed by atoms with Crippen molar-refractivity contribution in [3.05, 3.63) is 109 Å². The van der Waals surface area contributed by atoms with Crippen LogP contribution in [0.4, 0.5) is 11.4 Å². The first-order chi connectivity index (χ1) is 18.7. The lowest BCUT2D eigenvalue weighted by Gasteiger charge is -2.30. The van der Waals surface area contributed by atoms with Crippen molar-refractivity contribution in [1.29, 1.82) is 0 Å². The van der Waals surface area contributed by atoms with Gasteiger partial charge < -0.3 is 15.0 Å². The van der Waals surface area contributed by atoms with Gasteiger partial charge in [-0.1, -0.05) is 54.6 Å². The van der Waals surface area contributed by atoms with Gasteiger partial charge in [-0.05, 0) is 60.7 Å². The fourth-order valence-corrected chi connectivity index (χ4v) is 4.85. The molecule has 0 spiro atoms. The first-order valence-corrected chi connectivity index (χ1v) is 13.0. The molecule has 0 unspecified atom stereocenters. The van der Waals surface area contributed by atoms with E-state index in [1.165, 1.54) is 19.3 Å². The third kappa shape index (κ3) is 5.09. The van der Waals surface area contributed by atoms with Crippen LogP contribution in [-0.4, -0.2) is 33.6 Å². The highest BCUT2D eigenvalue weighted by atomic mass is 16.5. The van der Waals surface area contributed by atoms with Crippen LogP contribution in [0.2, 0.25) is 0 Å². The maximum absolute atomic E-state index is 13.3. The smallest absolute Gasteiger partial charge is 0.274 e. The fourth-order valence-electron chi connectivity index (χ4n) is 4.85. The summed E-state index contributed by atoms with van der Waals surface area (Å²) in [6.45, 7) is 2.52. The van der Waals surface area contributed by atoms with Crippen molar-refractivity contribution in [3.8, 4) is 16.9 Å². The topological polar surface area (TPSA) is 71.8 Å². The zero-order chi connectivity index (χ0) is 25.7. The van der Waals surface area contributed by atoms with Gasteiger partial charge >= 0.3 is 0 Å². The Hall–Kier alpha value is -4.65. The third-order valence-electron chi connectivity index (χ3n) is 6.86. The van der Waals surface area contributed by atoms with Gasteiger partial charge in [0, 0.05) is 24.8 Å². The van der Waals surface area contributed by atoms with Crippen LogP contribution in [0, 0.1) is 0 Å². The number of hydrogen-bond acceptors (Lipinski definition) is 5. The Bertz CT molecular complexity index is 1540. The molecule has 1 aliphatic heterocycles. The van der Waals surface area contributed by atoms with Gasteiger partial charge in [-0.3, -0.25) is 4.79 Å². The van der Waals surface area contributed by atoms with E-state index >= 15 is 0 Å². The van der Waals surface area contributed by atoms with Crippen LogP contribution < -0.4 is 15.0 Å². The summed E-state index contributed by atoms with van der Waals surface area (Å²) in [7, 11) is 0. The summed E-state index contributed by atoms with van der Waals surface area (Å²) in [5, 5.41) is 7.52. The number of aromatic nitrogens is 3. The second-order valence-corrected chi connectivity index (χ2v) is 9.46. The number of ether oxygens (including phenoxy) is 1. The number of carbonyl (C=O) groups excluding carboxylic acids is 1. The molecule has 7 nitrogen and oxygen atoms in total. The number of nitrogens with one attached hydrogen (secondary N) is 1. The molecule has 1 fully saturated rings. The molecule has 0 radical (unpaired) electrons. The van der Waals surface area contributed by atoms with Crippen LogP contribution >= 0.6 is 0 Å². The van der Waals surface area contributed by atoms with Crippen LogP contribution in [0.1, 0.15) is 35.3 Å². The van der Waals surface area contributed by atoms with Crippen molar-refractivity contribution in [2.24, 2.45) is 0 Å². The molecule has 1 N–H and O–H groups in total. The van der Waals surface area contributed by atoms with Crippen molar-refractivity contribution in [1.82, 2.24) is 14.6 Å². The number of anilines is 2. The first kappa shape index (κ1) is 23.7. The van der Waals surface area contributed by atoms with Gasteiger partial charge in [0.15, 0.2) is 5.65 Å². The van der Waals surface area contributed by atoms with E-state index in [9.17, 15) is 4.79 Å². The molecule has 5 aromatic rings. The number of benzene rings is 3. The number of fused-ring (bicyclic) bond motifs is 1. The summed E-state index contributed by atoms with van der Waals surface area (Å²) >= 11 is 0. The van der Waals surface area contributed by atoms with Crippen LogP contribution in [0.3, 0.4) is 0 Å². The highest BCUT2D eigenvalue weighted by Gasteiger charge is 2.18. The Morgan fingerprint density at radius 1 is 0.868 bits per heavy atom. The summed E-state index contributed by atoms with van der Waals surface area (Å²) < 4.78 is 7.61. The molecular weight excluding hydrogens is 474 g/mol. The van der Waals surface area contributed by atoms with E-state index in [1.807, 2.05) is 72.8 Å². The Kier molecular flexibility index (Phi) is 6.72. The number of carbonyl (C=O) groups is 1. The first-order valence-electron chi connectivity index (χ1n) is 13.0. The van der Waals surface area contributed by atoms with E-state index in [2.05, 4.69) is 21.4 Å². The fraction of sp³-hybridized carbons (Fsp3) is 0.194. The SMILES string of the molecule is O=C(Nc1ccccc1N1CCCCC1)c1ccn2ncc(-c3ccc(OCc4ccccc4)cc3)c2n1. The van der Waals surface area contributed by atoms with Gasteiger partial charge in [-0.25, -0.2) is 9.50 Å². The molecule has 6 rings (SSSR count). The van der Waals surface area contributed by atoms with Gasteiger partial charge in [0.2, 0.25) is 0 Å². The van der Waals surface area contributed by atoms with Gasteiger partial charge in [-0.15, -0.1) is 0 Å². The second-order valence-electron chi connectivity index (χ2n) is 9.46. The standard InChI is InChI=1S/C31H29N5O2/c37-31(34-27-11-5-6-12-29(27)35-18-7-2-8-19-35)28-17-20-36-30(33-28)26(21-32-36)24-13-15-25(16-14-24)38-22-23-9-3-1-4-10-23/h1,3-6,9-17,20-21H,2,7-8,18-19,22H2,(H,34,37). The average molecular weight is 504 g/mol. The predicted octanol–water partition coefficient (Wildman–Crippen LogP) is 6.22. The van der Waals surface area contributed by atoms with Crippen molar-refractivity contribution in [2.75, 3.05) is 23.3 Å². The van der Waals surface area contributed by atoms with Gasteiger partial charge in [0.05, 0.1) is 17.6 Å². The Balaban J connectivity index is 1.20. The lowest BCUT2D eigenvalue weighted by Crippen LogP contribution is -2.30. The van der Waals surface area contributed by atoms with Crippen molar-refractivity contribution >= 4 is 22.9 Å². The summed E-state index contributed by atoms with van der Waals surface area (Å²) in [6.07, 6.45) is 7.14. The maximum atomic E-state index is 13.3. The van der Waals surface area contributed by atoms with E-state index in [0.717, 1.165) is 46.9 Å². The molecule has 0 saturated carbocycles. The summed E-state index contributed by atoms with van der Waals surface area (Å²) in [5.74, 6) is 0.545. The van der Waals surface area contributed by atoms with E-state index in [1.54, 1.807) is 23.0 Å². The van der Waals surface area contributed by atoms with Crippen LogP contribution in [0.25, 0.3) is 16.8 Å². The van der Waals surface area contributed by atoms with Crippen LogP contribution in [0.15, 0.2) is 97.3 Å². The van der Waals surface area contributed by atoms with Crippen LogP contribution in [0.5, 0.6) is 5.75 Å². The molecule has 2 aromatic heterocycles. The third-order valence-corrected chi connectivity index (χ3v) is 6.86. The zero-order valence-corrected chi connectivity index (χ0v) is 21.1. The lowest BCUT2D eigenvalue weighted by molar-refractivity contribution is 0.102. The lowest BCUT2D eigenvalue weighted by atomic mass is 10.1. The molecule has 3 heterocycles. The Morgan fingerprint density at radius 3 is 2.45 bits per heavy atom. The zero-order valence-electron chi connectivity index (χ0n) is 21.1. The highest BCUT2D eigenvalue weighted by molar-refractivity contribution is 6.05. The molecule has 1 aliphatic rings. The second kappa shape index (κ2) is 10.8. The molecule has 0 bridgehead atoms. The molecule has 38 heavy (non-hydrogen) atoms. The summed E-state index contributed by atoms with van der Waals surface area (Å²) in [6, 6.07) is 27.6. The van der Waals surface area contributed by atoms with Crippen LogP contribution in [-0.2, 0) is 6.61 Å². The highest BCUT2D eigenvalue weighted by Crippen LogP contribution is 2.29. The number of para-hydroxylation sites is 2. The van der Waals surface area contributed by atoms with Crippen molar-refractivity contribution in [2.45, 2.75) is 25.9 Å². The Labute approximate surface area is 221 Å². The molecule has 190 valence electrons. The summed E-state index contributed by atoms with van der Waals surface area (Å²) in [4.78, 5) is 20.3. The monoisotopic (exact) mass is 503 g/mol. The van der Waals surface area contributed by atoms with Crippen molar-refractivity contribution in [3.63, 3.8) is 0 Å².